The molecule has 110 valence electrons. The van der Waals surface area contributed by atoms with Crippen LogP contribution < -0.4 is 10.2 Å². The Kier molecular flexibility index (Phi) is 4.81. The lowest BCUT2D eigenvalue weighted by Crippen LogP contribution is -3.17. The monoisotopic (exact) mass is 275 g/mol. The van der Waals surface area contributed by atoms with E-state index in [1.54, 1.807) is 0 Å². The quantitative estimate of drug-likeness (QED) is 0.868. The zero-order valence-electron chi connectivity index (χ0n) is 13.1. The lowest BCUT2D eigenvalue weighted by Gasteiger charge is -2.31. The molecule has 0 aromatic heterocycles. The van der Waals surface area contributed by atoms with Gasteiger partial charge in [0.05, 0.1) is 13.1 Å². The first-order chi connectivity index (χ1) is 9.47. The number of hydrogen-bond acceptors (Lipinski definition) is 1. The van der Waals surface area contributed by atoms with Crippen LogP contribution in [0.1, 0.15) is 37.8 Å². The fraction of sp³-hybridized carbons (Fsp3) is 0.588. The third-order valence-corrected chi connectivity index (χ3v) is 4.57. The molecule has 1 aliphatic heterocycles. The summed E-state index contributed by atoms with van der Waals surface area (Å²) in [6.07, 6.45) is 2.47. The van der Waals surface area contributed by atoms with Gasteiger partial charge in [-0.2, -0.15) is 0 Å². The number of quaternary nitrogens is 1. The Morgan fingerprint density at radius 3 is 2.60 bits per heavy atom. The smallest absolute Gasteiger partial charge is 0.282 e. The Bertz CT molecular complexity index is 476. The molecule has 3 nitrogen and oxygen atoms in total. The van der Waals surface area contributed by atoms with Crippen LogP contribution in [-0.2, 0) is 4.79 Å². The van der Waals surface area contributed by atoms with E-state index in [0.29, 0.717) is 0 Å². The first-order valence-corrected chi connectivity index (χ1v) is 7.70. The van der Waals surface area contributed by atoms with Crippen molar-refractivity contribution in [3.63, 3.8) is 0 Å². The van der Waals surface area contributed by atoms with Gasteiger partial charge >= 0.3 is 0 Å². The van der Waals surface area contributed by atoms with Gasteiger partial charge in [-0.3, -0.25) is 4.79 Å². The molecule has 1 fully saturated rings. The molecule has 20 heavy (non-hydrogen) atoms. The molecule has 1 heterocycles. The van der Waals surface area contributed by atoms with Gasteiger partial charge in [0.2, 0.25) is 0 Å². The van der Waals surface area contributed by atoms with Crippen molar-refractivity contribution in [2.75, 3.05) is 18.4 Å². The van der Waals surface area contributed by atoms with Crippen LogP contribution in [0.3, 0.4) is 0 Å². The van der Waals surface area contributed by atoms with Crippen LogP contribution in [0.4, 0.5) is 5.69 Å². The molecule has 1 aliphatic rings. The summed E-state index contributed by atoms with van der Waals surface area (Å²) in [6.45, 7) is 10.7. The molecule has 1 amide bonds. The number of amides is 1. The Balaban J connectivity index is 1.99. The summed E-state index contributed by atoms with van der Waals surface area (Å²) in [4.78, 5) is 13.8. The number of benzene rings is 1. The van der Waals surface area contributed by atoms with Gasteiger partial charge in [-0.1, -0.05) is 19.1 Å². The van der Waals surface area contributed by atoms with Gasteiger partial charge < -0.3 is 10.2 Å². The highest BCUT2D eigenvalue weighted by molar-refractivity contribution is 5.94. The lowest BCUT2D eigenvalue weighted by atomic mass is 9.98. The molecule has 0 spiro atoms. The van der Waals surface area contributed by atoms with E-state index in [1.807, 2.05) is 19.9 Å². The summed E-state index contributed by atoms with van der Waals surface area (Å²) in [5, 5.41) is 3.10. The molecule has 1 atom stereocenters. The third-order valence-electron chi connectivity index (χ3n) is 4.57. The average molecular weight is 275 g/mol. The summed E-state index contributed by atoms with van der Waals surface area (Å²) >= 11 is 0. The maximum absolute atomic E-state index is 12.4. The molecule has 0 unspecified atom stereocenters. The SMILES string of the molecule is Cc1ccc(C)c(NC(=O)[C@@H](C)[NH+]2CCC(C)CC2)c1. The van der Waals surface area contributed by atoms with E-state index in [9.17, 15) is 4.79 Å². The molecule has 0 saturated carbocycles. The Labute approximate surface area is 122 Å². The van der Waals surface area contributed by atoms with Gasteiger partial charge in [0.15, 0.2) is 6.04 Å². The van der Waals surface area contributed by atoms with E-state index in [1.165, 1.54) is 23.3 Å². The van der Waals surface area contributed by atoms with Gasteiger partial charge in [0.25, 0.3) is 5.91 Å². The number of carbonyl (C=O) groups is 1. The molecule has 2 rings (SSSR count). The molecular weight excluding hydrogens is 248 g/mol. The lowest BCUT2D eigenvalue weighted by molar-refractivity contribution is -0.919. The van der Waals surface area contributed by atoms with E-state index < -0.39 is 0 Å². The van der Waals surface area contributed by atoms with Gasteiger partial charge in [-0.05, 0) is 56.7 Å². The normalized spacial score (nSPS) is 24.2. The highest BCUT2D eigenvalue weighted by Crippen LogP contribution is 2.16. The van der Waals surface area contributed by atoms with Crippen molar-refractivity contribution in [2.45, 2.75) is 46.6 Å². The summed E-state index contributed by atoms with van der Waals surface area (Å²) < 4.78 is 0. The predicted octanol–water partition coefficient (Wildman–Crippen LogP) is 1.95. The summed E-state index contributed by atoms with van der Waals surface area (Å²) in [7, 11) is 0. The summed E-state index contributed by atoms with van der Waals surface area (Å²) in [5.74, 6) is 0.955. The van der Waals surface area contributed by atoms with Gasteiger partial charge in [0, 0.05) is 5.69 Å². The van der Waals surface area contributed by atoms with Gasteiger partial charge in [0.1, 0.15) is 0 Å². The summed E-state index contributed by atoms with van der Waals surface area (Å²) in [6, 6.07) is 6.21. The Morgan fingerprint density at radius 2 is 1.95 bits per heavy atom. The van der Waals surface area contributed by atoms with Crippen molar-refractivity contribution >= 4 is 11.6 Å². The third kappa shape index (κ3) is 3.60. The maximum atomic E-state index is 12.4. The molecule has 0 aliphatic carbocycles. The van der Waals surface area contributed by atoms with Crippen molar-refractivity contribution in [3.05, 3.63) is 29.3 Å². The topological polar surface area (TPSA) is 33.5 Å². The van der Waals surface area contributed by atoms with Crippen molar-refractivity contribution in [1.29, 1.82) is 0 Å². The molecule has 1 saturated heterocycles. The second-order valence-electron chi connectivity index (χ2n) is 6.37. The predicted molar refractivity (Wildman–Crippen MR) is 83.1 cm³/mol. The standard InChI is InChI=1S/C17H26N2O/c1-12-7-9-19(10-8-12)15(4)17(20)18-16-11-13(2)5-6-14(16)3/h5-6,11-12,15H,7-10H2,1-4H3,(H,18,20)/p+1/t15-/m1/s1. The van der Waals surface area contributed by atoms with E-state index in [4.69, 9.17) is 0 Å². The van der Waals surface area contributed by atoms with E-state index in [2.05, 4.69) is 31.3 Å². The minimum absolute atomic E-state index is 0.0300. The van der Waals surface area contributed by atoms with E-state index in [-0.39, 0.29) is 11.9 Å². The van der Waals surface area contributed by atoms with Crippen LogP contribution in [0.2, 0.25) is 0 Å². The van der Waals surface area contributed by atoms with Crippen LogP contribution in [0.5, 0.6) is 0 Å². The zero-order chi connectivity index (χ0) is 14.7. The second-order valence-corrected chi connectivity index (χ2v) is 6.37. The minimum atomic E-state index is 0.0300. The molecule has 3 heteroatoms. The number of anilines is 1. The van der Waals surface area contributed by atoms with Gasteiger partial charge in [-0.25, -0.2) is 0 Å². The van der Waals surface area contributed by atoms with E-state index >= 15 is 0 Å². The fourth-order valence-electron chi connectivity index (χ4n) is 2.86. The first kappa shape index (κ1) is 15.0. The number of aryl methyl sites for hydroxylation is 2. The maximum Gasteiger partial charge on any atom is 0.282 e. The van der Waals surface area contributed by atoms with Crippen LogP contribution >= 0.6 is 0 Å². The van der Waals surface area contributed by atoms with Crippen molar-refractivity contribution in [2.24, 2.45) is 5.92 Å². The second kappa shape index (κ2) is 6.40. The fourth-order valence-corrected chi connectivity index (χ4v) is 2.86. The molecule has 0 radical (unpaired) electrons. The first-order valence-electron chi connectivity index (χ1n) is 7.70. The molecule has 2 N–H and O–H groups in total. The largest absolute Gasteiger partial charge is 0.325 e. The Hall–Kier alpha value is -1.35. The molecule has 1 aromatic carbocycles. The zero-order valence-corrected chi connectivity index (χ0v) is 13.1. The Morgan fingerprint density at radius 1 is 1.30 bits per heavy atom. The number of carbonyl (C=O) groups excluding carboxylic acids is 1. The van der Waals surface area contributed by atoms with Crippen molar-refractivity contribution < 1.29 is 9.69 Å². The van der Waals surface area contributed by atoms with Crippen molar-refractivity contribution in [1.82, 2.24) is 0 Å². The number of hydrogen-bond donors (Lipinski definition) is 2. The number of rotatable bonds is 3. The number of piperidine rings is 1. The van der Waals surface area contributed by atoms with Crippen molar-refractivity contribution in [3.8, 4) is 0 Å². The highest BCUT2D eigenvalue weighted by atomic mass is 16.2. The number of nitrogens with one attached hydrogen (secondary N) is 2. The van der Waals surface area contributed by atoms with Crippen LogP contribution in [0.25, 0.3) is 0 Å². The molecule has 0 bridgehead atoms. The highest BCUT2D eigenvalue weighted by Gasteiger charge is 2.28. The van der Waals surface area contributed by atoms with Crippen LogP contribution in [0, 0.1) is 19.8 Å². The average Bonchev–Trinajstić information content (AvgIpc) is 2.43. The molecular formula is C17H27N2O+. The summed E-state index contributed by atoms with van der Waals surface area (Å²) in [5.41, 5.74) is 3.25. The minimum Gasteiger partial charge on any atom is -0.325 e. The molecule has 1 aromatic rings. The van der Waals surface area contributed by atoms with Crippen LogP contribution in [-0.4, -0.2) is 25.0 Å². The number of likely N-dealkylation sites (tertiary alicyclic amines) is 1. The van der Waals surface area contributed by atoms with Crippen LogP contribution in [0.15, 0.2) is 18.2 Å². The van der Waals surface area contributed by atoms with E-state index in [0.717, 1.165) is 30.3 Å². The van der Waals surface area contributed by atoms with Gasteiger partial charge in [-0.15, -0.1) is 0 Å².